The van der Waals surface area contributed by atoms with Gasteiger partial charge in [-0.2, -0.15) is 0 Å². The summed E-state index contributed by atoms with van der Waals surface area (Å²) in [5.74, 6) is -1.85. The molecule has 0 saturated carbocycles. The highest BCUT2D eigenvalue weighted by Gasteiger charge is 2.37. The minimum atomic E-state index is -1.23. The van der Waals surface area contributed by atoms with Crippen molar-refractivity contribution in [3.05, 3.63) is 64.1 Å². The molecule has 0 bridgehead atoms. The number of carboxylic acid groups (broad SMARTS) is 1. The molecule has 2 atom stereocenters. The number of methoxy groups -OCH3 is 1. The quantitative estimate of drug-likeness (QED) is 0.364. The van der Waals surface area contributed by atoms with Crippen LogP contribution in [0.1, 0.15) is 43.6 Å². The normalized spacial score (nSPS) is 15.6. The molecule has 2 N–H and O–H groups in total. The minimum absolute atomic E-state index is 0.000897. The van der Waals surface area contributed by atoms with E-state index in [1.165, 1.54) is 38.1 Å². The number of nitrogens with zero attached hydrogens (tertiary/aromatic N) is 2. The second-order valence-corrected chi connectivity index (χ2v) is 12.1. The predicted octanol–water partition coefficient (Wildman–Crippen LogP) is 4.97. The van der Waals surface area contributed by atoms with E-state index in [0.717, 1.165) is 20.1 Å². The average molecular weight is 657 g/mol. The minimum Gasteiger partial charge on any atom is -0.496 e. The van der Waals surface area contributed by atoms with Gasteiger partial charge in [0, 0.05) is 17.1 Å². The van der Waals surface area contributed by atoms with E-state index in [1.54, 1.807) is 32.9 Å². The van der Waals surface area contributed by atoms with Gasteiger partial charge in [0.25, 0.3) is 5.91 Å². The van der Waals surface area contributed by atoms with E-state index in [9.17, 15) is 24.3 Å². The molecule has 11 nitrogen and oxygen atoms in total. The molecule has 0 spiro atoms. The Bertz CT molecular complexity index is 1590. The lowest BCUT2D eigenvalue weighted by atomic mass is 10.0. The number of benzene rings is 3. The summed E-state index contributed by atoms with van der Waals surface area (Å²) in [7, 11) is 2.95. The van der Waals surface area contributed by atoms with E-state index < -0.39 is 41.6 Å². The van der Waals surface area contributed by atoms with E-state index >= 15 is 0 Å². The first-order chi connectivity index (χ1) is 20.2. The fourth-order valence-corrected chi connectivity index (χ4v) is 5.07. The summed E-state index contributed by atoms with van der Waals surface area (Å²) in [5.41, 5.74) is 0.0165. The zero-order valence-corrected chi connectivity index (χ0v) is 26.4. The number of para-hydroxylation sites is 1. The van der Waals surface area contributed by atoms with Crippen LogP contribution >= 0.6 is 15.9 Å². The zero-order valence-electron chi connectivity index (χ0n) is 24.8. The SMILES string of the molecule is COc1ccc2cc(Br)ccc2c1CN1C(=O)C(NC(=O)C(C)N(C)C(=O)OC(C)(C)C)COc2c(C(=O)O)cccc21. The molecule has 1 heterocycles. The van der Waals surface area contributed by atoms with Gasteiger partial charge in [-0.05, 0) is 68.8 Å². The van der Waals surface area contributed by atoms with Gasteiger partial charge < -0.3 is 29.5 Å². The zero-order chi connectivity index (χ0) is 31.6. The molecule has 228 valence electrons. The van der Waals surface area contributed by atoms with Crippen LogP contribution in [-0.2, 0) is 20.9 Å². The standard InChI is InChI=1S/C31H34BrN3O8/c1-17(34(5)30(40)43-31(2,3)4)27(36)33-23-16-42-26-21(29(38)39)8-7-9-24(26)35(28(23)37)15-22-20-12-11-19(32)14-18(20)10-13-25(22)41-6/h7-14,17,23H,15-16H2,1-6H3,(H,33,36)(H,38,39). The number of ether oxygens (including phenoxy) is 3. The van der Waals surface area contributed by atoms with Gasteiger partial charge in [0.15, 0.2) is 5.75 Å². The molecule has 12 heteroatoms. The number of carbonyl (C=O) groups excluding carboxylic acids is 3. The third kappa shape index (κ3) is 6.85. The number of halogens is 1. The molecule has 0 fully saturated rings. The van der Waals surface area contributed by atoms with Gasteiger partial charge in [0.05, 0.1) is 19.3 Å². The summed E-state index contributed by atoms with van der Waals surface area (Å²) in [6, 6.07) is 11.7. The second-order valence-electron chi connectivity index (χ2n) is 11.1. The van der Waals surface area contributed by atoms with E-state index in [2.05, 4.69) is 21.2 Å². The first-order valence-corrected chi connectivity index (χ1v) is 14.3. The van der Waals surface area contributed by atoms with Crippen molar-refractivity contribution >= 4 is 56.3 Å². The predicted molar refractivity (Wildman–Crippen MR) is 164 cm³/mol. The molecular weight excluding hydrogens is 622 g/mol. The molecular formula is C31H34BrN3O8. The van der Waals surface area contributed by atoms with Gasteiger partial charge in [-0.3, -0.25) is 14.5 Å². The second kappa shape index (κ2) is 12.5. The Morgan fingerprint density at radius 2 is 1.91 bits per heavy atom. The molecule has 4 rings (SSSR count). The number of fused-ring (bicyclic) bond motifs is 2. The van der Waals surface area contributed by atoms with Crippen LogP contribution in [0.3, 0.4) is 0 Å². The number of likely N-dealkylation sites (N-methyl/N-ethyl adjacent to an activating group) is 1. The van der Waals surface area contributed by atoms with Crippen LogP contribution in [0, 0.1) is 0 Å². The van der Waals surface area contributed by atoms with Crippen molar-refractivity contribution < 1.29 is 38.5 Å². The smallest absolute Gasteiger partial charge is 0.410 e. The number of amides is 3. The van der Waals surface area contributed by atoms with Crippen LogP contribution in [0.15, 0.2) is 53.0 Å². The summed E-state index contributed by atoms with van der Waals surface area (Å²) in [6.45, 7) is 6.31. The van der Waals surface area contributed by atoms with Crippen molar-refractivity contribution in [3.8, 4) is 11.5 Å². The molecule has 0 aliphatic carbocycles. The molecule has 3 aromatic carbocycles. The van der Waals surface area contributed by atoms with Crippen LogP contribution < -0.4 is 19.7 Å². The summed E-state index contributed by atoms with van der Waals surface area (Å²) < 4.78 is 17.8. The van der Waals surface area contributed by atoms with Crippen LogP contribution in [0.5, 0.6) is 11.5 Å². The van der Waals surface area contributed by atoms with Gasteiger partial charge >= 0.3 is 12.1 Å². The number of rotatable bonds is 7. The number of carbonyl (C=O) groups is 4. The number of anilines is 1. The van der Waals surface area contributed by atoms with Gasteiger partial charge in [0.1, 0.15) is 35.6 Å². The number of nitrogens with one attached hydrogen (secondary N) is 1. The maximum absolute atomic E-state index is 14.2. The van der Waals surface area contributed by atoms with E-state index in [0.29, 0.717) is 11.3 Å². The number of aromatic carboxylic acids is 1. The largest absolute Gasteiger partial charge is 0.496 e. The Labute approximate surface area is 257 Å². The van der Waals surface area contributed by atoms with Gasteiger partial charge in [-0.15, -0.1) is 0 Å². The van der Waals surface area contributed by atoms with Crippen LogP contribution in [0.25, 0.3) is 10.8 Å². The lowest BCUT2D eigenvalue weighted by Gasteiger charge is -2.30. The first kappa shape index (κ1) is 31.6. The summed E-state index contributed by atoms with van der Waals surface area (Å²) in [5, 5.41) is 14.3. The number of carboxylic acids is 1. The Morgan fingerprint density at radius 3 is 2.56 bits per heavy atom. The Kier molecular flexibility index (Phi) is 9.19. The Morgan fingerprint density at radius 1 is 1.19 bits per heavy atom. The van der Waals surface area contributed by atoms with Gasteiger partial charge in [-0.1, -0.05) is 34.1 Å². The van der Waals surface area contributed by atoms with Crippen molar-refractivity contribution in [2.24, 2.45) is 0 Å². The topological polar surface area (TPSA) is 135 Å². The average Bonchev–Trinajstić information content (AvgIpc) is 3.07. The molecule has 0 aromatic heterocycles. The van der Waals surface area contributed by atoms with Crippen LogP contribution in [-0.4, -0.2) is 72.3 Å². The molecule has 0 radical (unpaired) electrons. The molecule has 1 aliphatic rings. The molecule has 43 heavy (non-hydrogen) atoms. The van der Waals surface area contributed by atoms with Crippen molar-refractivity contribution in [1.29, 1.82) is 0 Å². The van der Waals surface area contributed by atoms with Gasteiger partial charge in [0.2, 0.25) is 5.91 Å². The fourth-order valence-electron chi connectivity index (χ4n) is 4.69. The molecule has 0 saturated heterocycles. The highest BCUT2D eigenvalue weighted by molar-refractivity contribution is 9.10. The number of hydrogen-bond donors (Lipinski definition) is 2. The lowest BCUT2D eigenvalue weighted by molar-refractivity contribution is -0.130. The Hall–Kier alpha value is -4.32. The molecule has 3 aromatic rings. The highest BCUT2D eigenvalue weighted by Crippen LogP contribution is 2.38. The van der Waals surface area contributed by atoms with Crippen molar-refractivity contribution in [2.45, 2.75) is 51.9 Å². The van der Waals surface area contributed by atoms with Crippen LogP contribution in [0.4, 0.5) is 10.5 Å². The van der Waals surface area contributed by atoms with Gasteiger partial charge in [-0.25, -0.2) is 9.59 Å². The third-order valence-electron chi connectivity index (χ3n) is 7.02. The highest BCUT2D eigenvalue weighted by atomic mass is 79.9. The summed E-state index contributed by atoms with van der Waals surface area (Å²) in [4.78, 5) is 54.6. The van der Waals surface area contributed by atoms with Crippen molar-refractivity contribution in [3.63, 3.8) is 0 Å². The van der Waals surface area contributed by atoms with E-state index in [-0.39, 0.29) is 30.2 Å². The third-order valence-corrected chi connectivity index (χ3v) is 7.51. The summed E-state index contributed by atoms with van der Waals surface area (Å²) >= 11 is 3.49. The maximum Gasteiger partial charge on any atom is 0.410 e. The van der Waals surface area contributed by atoms with Crippen molar-refractivity contribution in [1.82, 2.24) is 10.2 Å². The molecule has 2 unspecified atom stereocenters. The fraction of sp³-hybridized carbons (Fsp3) is 0.355. The summed E-state index contributed by atoms with van der Waals surface area (Å²) in [6.07, 6.45) is -0.701. The monoisotopic (exact) mass is 655 g/mol. The lowest BCUT2D eigenvalue weighted by Crippen LogP contribution is -2.55. The van der Waals surface area contributed by atoms with Crippen molar-refractivity contribution in [2.75, 3.05) is 25.7 Å². The maximum atomic E-state index is 14.2. The Balaban J connectivity index is 1.73. The first-order valence-electron chi connectivity index (χ1n) is 13.5. The van der Waals surface area contributed by atoms with E-state index in [1.807, 2.05) is 24.3 Å². The van der Waals surface area contributed by atoms with E-state index in [4.69, 9.17) is 14.2 Å². The molecule has 1 aliphatic heterocycles. The molecule has 3 amide bonds. The number of hydrogen-bond acceptors (Lipinski definition) is 7. The van der Waals surface area contributed by atoms with Crippen LogP contribution in [0.2, 0.25) is 0 Å².